The van der Waals surface area contributed by atoms with E-state index in [2.05, 4.69) is 140 Å². The van der Waals surface area contributed by atoms with E-state index in [4.69, 9.17) is 0 Å². The Kier molecular flexibility index (Phi) is 8.63. The standard InChI is InChI=1S/C30H34FNP2/c1-3-16-26(31)25-34(29-21-12-6-13-22-29,30-23-14-7-15-24-30)32(2)33(27-17-8-4-9-18-27)28-19-10-5-11-20-28/h4-15,17-24,26,34H,3,16,25H2,1-2H3. The fraction of sp³-hybridized carbons (Fsp3) is 0.200. The molecule has 0 spiro atoms. The van der Waals surface area contributed by atoms with Gasteiger partial charge in [0.15, 0.2) is 0 Å². The molecule has 4 aromatic rings. The van der Waals surface area contributed by atoms with Crippen LogP contribution in [0.4, 0.5) is 4.39 Å². The van der Waals surface area contributed by atoms with Crippen molar-refractivity contribution < 1.29 is 4.39 Å². The van der Waals surface area contributed by atoms with Crippen LogP contribution < -0.4 is 21.2 Å². The van der Waals surface area contributed by atoms with Crippen LogP contribution in [-0.2, 0) is 0 Å². The van der Waals surface area contributed by atoms with E-state index in [0.29, 0.717) is 12.6 Å². The van der Waals surface area contributed by atoms with Crippen molar-refractivity contribution in [3.8, 4) is 0 Å². The van der Waals surface area contributed by atoms with E-state index in [1.165, 1.54) is 21.2 Å². The number of hydrogen-bond donors (Lipinski definition) is 0. The summed E-state index contributed by atoms with van der Waals surface area (Å²) in [6.45, 7) is 2.07. The summed E-state index contributed by atoms with van der Waals surface area (Å²) in [7, 11) is -1.31. The minimum atomic E-state index is -2.69. The number of benzene rings is 4. The summed E-state index contributed by atoms with van der Waals surface area (Å²) in [4.78, 5) is 0. The molecule has 0 fully saturated rings. The van der Waals surface area contributed by atoms with E-state index in [0.717, 1.165) is 6.42 Å². The van der Waals surface area contributed by atoms with Crippen molar-refractivity contribution in [3.63, 3.8) is 0 Å². The Morgan fingerprint density at radius 3 is 1.44 bits per heavy atom. The number of nitrogens with zero attached hydrogens (tertiary/aromatic N) is 1. The zero-order valence-corrected chi connectivity index (χ0v) is 21.9. The molecule has 0 saturated carbocycles. The van der Waals surface area contributed by atoms with Crippen molar-refractivity contribution in [2.45, 2.75) is 25.9 Å². The average molecular weight is 490 g/mol. The Hall–Kier alpha value is -2.37. The molecule has 0 aliphatic rings. The molecule has 0 N–H and O–H groups in total. The quantitative estimate of drug-likeness (QED) is 0.232. The zero-order valence-electron chi connectivity index (χ0n) is 20.0. The molecular formula is C30H34FNP2. The van der Waals surface area contributed by atoms with Gasteiger partial charge in [-0.05, 0) is 0 Å². The van der Waals surface area contributed by atoms with E-state index in [1.54, 1.807) is 0 Å². The van der Waals surface area contributed by atoms with Gasteiger partial charge >= 0.3 is 206 Å². The predicted molar refractivity (Wildman–Crippen MR) is 152 cm³/mol. The molecule has 0 heterocycles. The van der Waals surface area contributed by atoms with E-state index in [9.17, 15) is 0 Å². The molecule has 0 radical (unpaired) electrons. The summed E-state index contributed by atoms with van der Waals surface area (Å²) < 4.78 is 18.3. The van der Waals surface area contributed by atoms with E-state index < -0.39 is 21.7 Å². The van der Waals surface area contributed by atoms with Gasteiger partial charge in [0.25, 0.3) is 0 Å². The third-order valence-corrected chi connectivity index (χ3v) is 15.0. The summed E-state index contributed by atoms with van der Waals surface area (Å²) in [6.07, 6.45) is 1.15. The monoisotopic (exact) mass is 489 g/mol. The Morgan fingerprint density at radius 1 is 0.676 bits per heavy atom. The maximum absolute atomic E-state index is 15.7. The van der Waals surface area contributed by atoms with Gasteiger partial charge in [-0.2, -0.15) is 0 Å². The van der Waals surface area contributed by atoms with Crippen molar-refractivity contribution in [1.29, 1.82) is 0 Å². The maximum atomic E-state index is 15.7. The summed E-state index contributed by atoms with van der Waals surface area (Å²) in [5.74, 6) is 0. The molecule has 0 bridgehead atoms. The van der Waals surface area contributed by atoms with Crippen molar-refractivity contribution in [1.82, 2.24) is 4.44 Å². The van der Waals surface area contributed by atoms with Crippen LogP contribution in [0.15, 0.2) is 121 Å². The van der Waals surface area contributed by atoms with Gasteiger partial charge in [0.1, 0.15) is 0 Å². The van der Waals surface area contributed by atoms with Crippen LogP contribution in [0, 0.1) is 0 Å². The number of rotatable bonds is 10. The predicted octanol–water partition coefficient (Wildman–Crippen LogP) is 6.42. The molecule has 1 unspecified atom stereocenters. The third kappa shape index (κ3) is 5.31. The normalized spacial score (nSPS) is 13.2. The molecule has 0 aliphatic carbocycles. The first-order valence-electron chi connectivity index (χ1n) is 12.1. The van der Waals surface area contributed by atoms with Gasteiger partial charge < -0.3 is 0 Å². The SMILES string of the molecule is CCCC(F)C[PH](c1ccccc1)(c1ccccc1)N(C)P(c1ccccc1)c1ccccc1. The number of hydrogen-bond acceptors (Lipinski definition) is 1. The van der Waals surface area contributed by atoms with Crippen molar-refractivity contribution in [3.05, 3.63) is 121 Å². The zero-order chi connectivity index (χ0) is 23.8. The van der Waals surface area contributed by atoms with Gasteiger partial charge in [0, 0.05) is 0 Å². The minimum absolute atomic E-state index is 0.546. The second kappa shape index (κ2) is 11.9. The summed E-state index contributed by atoms with van der Waals surface area (Å²) in [5, 5.41) is 5.12. The molecule has 4 rings (SSSR count). The van der Waals surface area contributed by atoms with Crippen LogP contribution in [0.1, 0.15) is 19.8 Å². The molecule has 1 nitrogen and oxygen atoms in total. The summed E-state index contributed by atoms with van der Waals surface area (Å²) in [6, 6.07) is 42.9. The molecular weight excluding hydrogens is 455 g/mol. The van der Waals surface area contributed by atoms with Gasteiger partial charge in [-0.25, -0.2) is 0 Å². The van der Waals surface area contributed by atoms with Gasteiger partial charge in [0.2, 0.25) is 0 Å². The van der Waals surface area contributed by atoms with Crippen LogP contribution in [0.5, 0.6) is 0 Å². The number of alkyl halides is 1. The Bertz CT molecular complexity index is 1040. The Labute approximate surface area is 205 Å². The average Bonchev–Trinajstić information content (AvgIpc) is 2.90. The number of halogens is 1. The molecule has 0 aliphatic heterocycles. The van der Waals surface area contributed by atoms with Crippen LogP contribution in [-0.4, -0.2) is 23.8 Å². The van der Waals surface area contributed by atoms with Crippen LogP contribution in [0.2, 0.25) is 0 Å². The third-order valence-electron chi connectivity index (χ3n) is 6.48. The van der Waals surface area contributed by atoms with Gasteiger partial charge in [-0.15, -0.1) is 0 Å². The second-order valence-corrected chi connectivity index (χ2v) is 15.3. The van der Waals surface area contributed by atoms with Gasteiger partial charge in [-0.3, -0.25) is 0 Å². The molecule has 4 heteroatoms. The topological polar surface area (TPSA) is 3.24 Å². The summed E-state index contributed by atoms with van der Waals surface area (Å²) in [5.41, 5.74) is 0. The van der Waals surface area contributed by atoms with Gasteiger partial charge in [-0.1, -0.05) is 0 Å². The van der Waals surface area contributed by atoms with Crippen LogP contribution >= 0.6 is 15.5 Å². The Morgan fingerprint density at radius 2 is 1.06 bits per heavy atom. The second-order valence-electron chi connectivity index (χ2n) is 8.69. The van der Waals surface area contributed by atoms with Crippen molar-refractivity contribution in [2.24, 2.45) is 0 Å². The fourth-order valence-electron chi connectivity index (χ4n) is 4.88. The first-order chi connectivity index (χ1) is 16.7. The summed E-state index contributed by atoms with van der Waals surface area (Å²) >= 11 is 0. The molecule has 34 heavy (non-hydrogen) atoms. The molecule has 0 saturated heterocycles. The van der Waals surface area contributed by atoms with Crippen molar-refractivity contribution in [2.75, 3.05) is 13.2 Å². The van der Waals surface area contributed by atoms with E-state index in [-0.39, 0.29) is 0 Å². The van der Waals surface area contributed by atoms with Crippen LogP contribution in [0.25, 0.3) is 0 Å². The van der Waals surface area contributed by atoms with E-state index >= 15 is 4.39 Å². The van der Waals surface area contributed by atoms with Gasteiger partial charge in [0.05, 0.1) is 0 Å². The van der Waals surface area contributed by atoms with Crippen LogP contribution in [0.3, 0.4) is 0 Å². The van der Waals surface area contributed by atoms with Crippen molar-refractivity contribution >= 4 is 36.7 Å². The first-order valence-corrected chi connectivity index (χ1v) is 15.5. The first kappa shape index (κ1) is 24.7. The molecule has 176 valence electrons. The Balaban J connectivity index is 1.97. The molecule has 1 atom stereocenters. The molecule has 0 amide bonds. The molecule has 0 aromatic heterocycles. The molecule has 4 aromatic carbocycles. The van der Waals surface area contributed by atoms with E-state index in [1.807, 2.05) is 0 Å². The fourth-order valence-corrected chi connectivity index (χ4v) is 13.9.